The lowest BCUT2D eigenvalue weighted by Gasteiger charge is -2.28. The summed E-state index contributed by atoms with van der Waals surface area (Å²) in [4.78, 5) is 2.41. The van der Waals surface area contributed by atoms with Gasteiger partial charge in [0.2, 0.25) is 0 Å². The second-order valence-corrected chi connectivity index (χ2v) is 16.3. The topological polar surface area (TPSA) is 8.17 Å². The van der Waals surface area contributed by atoms with Crippen LogP contribution in [-0.2, 0) is 17.9 Å². The first kappa shape index (κ1) is 33.7. The predicted octanol–water partition coefficient (Wildman–Crippen LogP) is 14.3. The highest BCUT2D eigenvalue weighted by Crippen LogP contribution is 2.51. The zero-order chi connectivity index (χ0) is 37.2. The summed E-state index contributed by atoms with van der Waals surface area (Å²) in [6.07, 6.45) is 0. The molecule has 0 fully saturated rings. The van der Waals surface area contributed by atoms with Gasteiger partial charge in [-0.3, -0.25) is 0 Å². The number of nitrogens with zero attached hydrogens (tertiary/aromatic N) is 2. The van der Waals surface area contributed by atoms with E-state index in [1.54, 1.807) is 0 Å². The Hall–Kier alpha value is -6.12. The molecule has 1 aromatic heterocycles. The first-order chi connectivity index (χ1) is 26.1. The summed E-state index contributed by atoms with van der Waals surface area (Å²) >= 11 is 0. The van der Waals surface area contributed by atoms with Crippen molar-refractivity contribution in [1.82, 2.24) is 4.57 Å². The van der Waals surface area contributed by atoms with Gasteiger partial charge in [-0.05, 0) is 98.0 Å². The van der Waals surface area contributed by atoms with Crippen LogP contribution in [0.1, 0.15) is 51.3 Å². The molecule has 0 bridgehead atoms. The molecule has 264 valence electrons. The maximum atomic E-state index is 2.42. The van der Waals surface area contributed by atoms with Gasteiger partial charge in [-0.15, -0.1) is 0 Å². The van der Waals surface area contributed by atoms with Crippen LogP contribution < -0.4 is 4.90 Å². The summed E-state index contributed by atoms with van der Waals surface area (Å²) in [5.74, 6) is 0. The van der Waals surface area contributed by atoms with Crippen LogP contribution in [0.3, 0.4) is 0 Å². The number of anilines is 3. The van der Waals surface area contributed by atoms with Gasteiger partial charge in [0.15, 0.2) is 0 Å². The Morgan fingerprint density at radius 2 is 1.02 bits per heavy atom. The highest BCUT2D eigenvalue weighted by Gasteiger charge is 2.35. The molecule has 9 rings (SSSR count). The molecule has 1 heterocycles. The third-order valence-electron chi connectivity index (χ3n) is 11.6. The zero-order valence-electron chi connectivity index (χ0n) is 32.1. The average molecular weight is 699 g/mol. The summed E-state index contributed by atoms with van der Waals surface area (Å²) < 4.78 is 2.34. The number of hydrogen-bond donors (Lipinski definition) is 0. The molecule has 0 amide bonds. The molecule has 2 nitrogen and oxygen atoms in total. The van der Waals surface area contributed by atoms with Crippen molar-refractivity contribution in [3.05, 3.63) is 187 Å². The third kappa shape index (κ3) is 5.56. The smallest absolute Gasteiger partial charge is 0.0568 e. The fraction of sp³-hybridized carbons (Fsp3) is 0.154. The van der Waals surface area contributed by atoms with Gasteiger partial charge in [0.1, 0.15) is 0 Å². The Bertz CT molecular complexity index is 2630. The van der Waals surface area contributed by atoms with Gasteiger partial charge in [0.05, 0.1) is 5.69 Å². The Kier molecular flexibility index (Phi) is 7.97. The van der Waals surface area contributed by atoms with Crippen molar-refractivity contribution in [2.45, 2.75) is 45.4 Å². The van der Waals surface area contributed by atoms with Crippen molar-refractivity contribution in [3.63, 3.8) is 0 Å². The number of aromatic nitrogens is 1. The lowest BCUT2D eigenvalue weighted by molar-refractivity contribution is 0.590. The molecule has 7 aromatic carbocycles. The minimum absolute atomic E-state index is 0.0945. The lowest BCUT2D eigenvalue weighted by atomic mass is 9.82. The quantitative estimate of drug-likeness (QED) is 0.168. The van der Waals surface area contributed by atoms with Crippen LogP contribution in [-0.4, -0.2) is 4.57 Å². The molecule has 54 heavy (non-hydrogen) atoms. The van der Waals surface area contributed by atoms with E-state index in [1.807, 2.05) is 0 Å². The molecule has 8 aromatic rings. The van der Waals surface area contributed by atoms with Crippen LogP contribution >= 0.6 is 0 Å². The minimum Gasteiger partial charge on any atom is -0.343 e. The molecule has 2 heteroatoms. The van der Waals surface area contributed by atoms with Gasteiger partial charge in [-0.25, -0.2) is 0 Å². The van der Waals surface area contributed by atoms with Crippen molar-refractivity contribution >= 4 is 28.0 Å². The molecule has 0 spiro atoms. The number of fused-ring (bicyclic) bond motifs is 4. The van der Waals surface area contributed by atoms with Crippen LogP contribution in [0, 0.1) is 0 Å². The first-order valence-electron chi connectivity index (χ1n) is 19.1. The normalized spacial score (nSPS) is 13.1. The largest absolute Gasteiger partial charge is 0.343 e. The number of para-hydroxylation sites is 1. The van der Waals surface area contributed by atoms with E-state index in [2.05, 4.69) is 221 Å². The molecule has 1 aliphatic carbocycles. The van der Waals surface area contributed by atoms with E-state index >= 15 is 0 Å². The molecule has 1 aliphatic rings. The van der Waals surface area contributed by atoms with Crippen LogP contribution in [0.25, 0.3) is 55.5 Å². The molecule has 0 atom stereocenters. The molecule has 0 radical (unpaired) electrons. The first-order valence-corrected chi connectivity index (χ1v) is 19.1. The molecular formula is C52H46N2. The third-order valence-corrected chi connectivity index (χ3v) is 11.6. The van der Waals surface area contributed by atoms with Gasteiger partial charge in [0.25, 0.3) is 0 Å². The SMILES string of the molecule is Cn1c(-c2ccccc2)c(-c2ccc(N(c3ccc(-c4ccc(C(C)(C)C)cc4)cc3)c3ccc4c(c3)C(C)(C)c3ccccc3-4)cc2)c2ccccc21. The van der Waals surface area contributed by atoms with Gasteiger partial charge in [0, 0.05) is 46.0 Å². The summed E-state index contributed by atoms with van der Waals surface area (Å²) in [5.41, 5.74) is 18.8. The maximum absolute atomic E-state index is 2.42. The molecule has 0 saturated carbocycles. The van der Waals surface area contributed by atoms with Gasteiger partial charge >= 0.3 is 0 Å². The fourth-order valence-corrected chi connectivity index (χ4v) is 8.64. The Labute approximate surface area is 320 Å². The molecular weight excluding hydrogens is 653 g/mol. The van der Waals surface area contributed by atoms with Crippen molar-refractivity contribution in [3.8, 4) is 44.6 Å². The van der Waals surface area contributed by atoms with Crippen molar-refractivity contribution < 1.29 is 0 Å². The highest BCUT2D eigenvalue weighted by molar-refractivity contribution is 6.04. The highest BCUT2D eigenvalue weighted by atomic mass is 15.1. The van der Waals surface area contributed by atoms with E-state index in [1.165, 1.54) is 72.2 Å². The number of rotatable bonds is 6. The van der Waals surface area contributed by atoms with Gasteiger partial charge in [-0.1, -0.05) is 162 Å². The van der Waals surface area contributed by atoms with Crippen molar-refractivity contribution in [2.75, 3.05) is 4.90 Å². The van der Waals surface area contributed by atoms with E-state index < -0.39 is 0 Å². The van der Waals surface area contributed by atoms with E-state index in [0.717, 1.165) is 17.1 Å². The second-order valence-electron chi connectivity index (χ2n) is 16.3. The van der Waals surface area contributed by atoms with E-state index in [4.69, 9.17) is 0 Å². The average Bonchev–Trinajstić information content (AvgIpc) is 3.62. The number of hydrogen-bond acceptors (Lipinski definition) is 1. The monoisotopic (exact) mass is 698 g/mol. The Morgan fingerprint density at radius 3 is 1.69 bits per heavy atom. The van der Waals surface area contributed by atoms with Crippen LogP contribution in [0.2, 0.25) is 0 Å². The lowest BCUT2D eigenvalue weighted by Crippen LogP contribution is -2.16. The Balaban J connectivity index is 1.16. The summed E-state index contributed by atoms with van der Waals surface area (Å²) in [5, 5.41) is 1.26. The van der Waals surface area contributed by atoms with Gasteiger partial charge in [-0.2, -0.15) is 0 Å². The molecule has 0 unspecified atom stereocenters. The molecule has 0 aliphatic heterocycles. The van der Waals surface area contributed by atoms with E-state index in [-0.39, 0.29) is 10.8 Å². The standard InChI is InChI=1S/C52H46N2/c1-51(2,3)39-26-20-35(21-27-39)36-22-28-40(29-23-36)54(42-32-33-44-43-16-10-12-18-46(43)52(4,5)47(44)34-42)41-30-24-37(25-31-41)49-45-17-11-13-19-48(45)53(6)50(49)38-14-8-7-9-15-38/h7-34H,1-6H3. The van der Waals surface area contributed by atoms with E-state index in [9.17, 15) is 0 Å². The number of benzene rings is 7. The van der Waals surface area contributed by atoms with E-state index in [0.29, 0.717) is 0 Å². The fourth-order valence-electron chi connectivity index (χ4n) is 8.64. The Morgan fingerprint density at radius 1 is 0.481 bits per heavy atom. The molecule has 0 N–H and O–H groups in total. The maximum Gasteiger partial charge on any atom is 0.0568 e. The predicted molar refractivity (Wildman–Crippen MR) is 230 cm³/mol. The van der Waals surface area contributed by atoms with Crippen LogP contribution in [0.4, 0.5) is 17.1 Å². The van der Waals surface area contributed by atoms with Crippen molar-refractivity contribution in [2.24, 2.45) is 7.05 Å². The van der Waals surface area contributed by atoms with Crippen molar-refractivity contribution in [1.29, 1.82) is 0 Å². The molecule has 0 saturated heterocycles. The van der Waals surface area contributed by atoms with Crippen LogP contribution in [0.5, 0.6) is 0 Å². The summed E-state index contributed by atoms with van der Waals surface area (Å²) in [6, 6.07) is 62.7. The number of aryl methyl sites for hydroxylation is 1. The summed E-state index contributed by atoms with van der Waals surface area (Å²) in [6.45, 7) is 11.5. The zero-order valence-corrected chi connectivity index (χ0v) is 32.1. The second kappa shape index (κ2) is 12.8. The van der Waals surface area contributed by atoms with Crippen LogP contribution in [0.15, 0.2) is 170 Å². The van der Waals surface area contributed by atoms with Gasteiger partial charge < -0.3 is 9.47 Å². The summed E-state index contributed by atoms with van der Waals surface area (Å²) in [7, 11) is 2.18. The minimum atomic E-state index is -0.0945.